The maximum atomic E-state index is 12.3. The highest BCUT2D eigenvalue weighted by Gasteiger charge is 2.30. The van der Waals surface area contributed by atoms with Crippen molar-refractivity contribution in [2.24, 2.45) is 5.92 Å². The number of ether oxygens (including phenoxy) is 1. The minimum atomic E-state index is 0.0564. The zero-order valence-corrected chi connectivity index (χ0v) is 23.9. The Labute approximate surface area is 219 Å². The van der Waals surface area contributed by atoms with Crippen molar-refractivity contribution in [2.75, 3.05) is 24.6 Å². The summed E-state index contributed by atoms with van der Waals surface area (Å²) in [5, 5.41) is 0. The molecule has 2 aromatic carbocycles. The molecule has 0 radical (unpaired) electrons. The van der Waals surface area contributed by atoms with Crippen molar-refractivity contribution >= 4 is 17.4 Å². The Morgan fingerprint density at radius 2 is 1.56 bits per heavy atom. The molecule has 1 aliphatic rings. The predicted octanol–water partition coefficient (Wildman–Crippen LogP) is 7.48. The Kier molecular flexibility index (Phi) is 13.0. The molecule has 2 aromatic rings. The molecule has 1 heterocycles. The summed E-state index contributed by atoms with van der Waals surface area (Å²) in [5.41, 5.74) is 5.28. The van der Waals surface area contributed by atoms with Crippen LogP contribution in [0.1, 0.15) is 81.4 Å². The quantitative estimate of drug-likeness (QED) is 0.382. The largest absolute Gasteiger partial charge is 0.493 e. The zero-order chi connectivity index (χ0) is 27.4. The van der Waals surface area contributed by atoms with Gasteiger partial charge in [0.2, 0.25) is 0 Å². The van der Waals surface area contributed by atoms with E-state index in [0.29, 0.717) is 25.5 Å². The number of anilines is 1. The summed E-state index contributed by atoms with van der Waals surface area (Å²) in [6.45, 7) is 24.1. The molecule has 3 rings (SSSR count). The summed E-state index contributed by atoms with van der Waals surface area (Å²) >= 11 is 0. The molecule has 1 atom stereocenters. The molecule has 0 bridgehead atoms. The lowest BCUT2D eigenvalue weighted by Crippen LogP contribution is -2.43. The number of hydrogen-bond donors (Lipinski definition) is 0. The van der Waals surface area contributed by atoms with Gasteiger partial charge in [-0.3, -0.25) is 9.69 Å². The Morgan fingerprint density at radius 3 is 2.11 bits per heavy atom. The number of hydrogen-bond acceptors (Lipinski definition) is 4. The Hall–Kier alpha value is -3.08. The van der Waals surface area contributed by atoms with Crippen molar-refractivity contribution in [2.45, 2.75) is 75.2 Å². The average Bonchev–Trinajstić information content (AvgIpc) is 2.83. The standard InChI is InChI=1S/C15H22O2.C14H18N2O.C2H6/c1-11-5-6-15(13(3)9-11)17-8-7-12(2)10-14(4)16;1-5-15-11(4)16(6-2)14(17)12-9-10(3)7-8-13(12)15;1-2/h5-6,9,12H,7-8,10H2,1-4H3;7-9H,4-6H2,1-3H3;1-2H3. The van der Waals surface area contributed by atoms with Crippen LogP contribution in [0.2, 0.25) is 0 Å². The second-order valence-corrected chi connectivity index (χ2v) is 9.15. The minimum absolute atomic E-state index is 0.0564. The number of nitrogens with zero attached hydrogens (tertiary/aromatic N) is 2. The molecule has 1 amide bonds. The van der Waals surface area contributed by atoms with E-state index in [9.17, 15) is 9.59 Å². The molecule has 1 aliphatic heterocycles. The average molecular weight is 495 g/mol. The molecule has 0 spiro atoms. The van der Waals surface area contributed by atoms with E-state index in [1.807, 2.05) is 52.0 Å². The number of rotatable bonds is 8. The van der Waals surface area contributed by atoms with E-state index in [-0.39, 0.29) is 11.7 Å². The van der Waals surface area contributed by atoms with Crippen LogP contribution in [0.25, 0.3) is 0 Å². The third kappa shape index (κ3) is 8.54. The van der Waals surface area contributed by atoms with Crippen molar-refractivity contribution in [3.8, 4) is 5.75 Å². The van der Waals surface area contributed by atoms with Crippen LogP contribution >= 0.6 is 0 Å². The Bertz CT molecular complexity index is 1030. The topological polar surface area (TPSA) is 49.9 Å². The molecule has 0 N–H and O–H groups in total. The summed E-state index contributed by atoms with van der Waals surface area (Å²) in [7, 11) is 0. The highest BCUT2D eigenvalue weighted by atomic mass is 16.5. The molecular formula is C31H46N2O3. The van der Waals surface area contributed by atoms with Crippen LogP contribution in [-0.4, -0.2) is 36.3 Å². The first kappa shape index (κ1) is 31.0. The lowest BCUT2D eigenvalue weighted by Gasteiger charge is -2.38. The first-order chi connectivity index (χ1) is 17.1. The normalized spacial score (nSPS) is 13.1. The summed E-state index contributed by atoms with van der Waals surface area (Å²) in [6.07, 6.45) is 1.57. The molecule has 1 unspecified atom stereocenters. The predicted molar refractivity (Wildman–Crippen MR) is 152 cm³/mol. The van der Waals surface area contributed by atoms with E-state index >= 15 is 0 Å². The van der Waals surface area contributed by atoms with Gasteiger partial charge in [0, 0.05) is 19.5 Å². The third-order valence-electron chi connectivity index (χ3n) is 6.01. The molecule has 0 saturated carbocycles. The lowest BCUT2D eigenvalue weighted by atomic mass is 10.0. The van der Waals surface area contributed by atoms with Gasteiger partial charge in [0.05, 0.1) is 17.9 Å². The summed E-state index contributed by atoms with van der Waals surface area (Å²) < 4.78 is 5.73. The molecule has 5 nitrogen and oxygen atoms in total. The van der Waals surface area contributed by atoms with E-state index in [0.717, 1.165) is 41.4 Å². The first-order valence-corrected chi connectivity index (χ1v) is 13.2. The van der Waals surface area contributed by atoms with Gasteiger partial charge in [0.25, 0.3) is 5.91 Å². The zero-order valence-electron chi connectivity index (χ0n) is 23.9. The van der Waals surface area contributed by atoms with Crippen molar-refractivity contribution in [3.05, 3.63) is 71.1 Å². The van der Waals surface area contributed by atoms with Crippen LogP contribution in [0, 0.1) is 26.7 Å². The van der Waals surface area contributed by atoms with Gasteiger partial charge < -0.3 is 14.4 Å². The van der Waals surface area contributed by atoms with E-state index in [1.165, 1.54) is 11.1 Å². The fraction of sp³-hybridized carbons (Fsp3) is 0.484. The van der Waals surface area contributed by atoms with E-state index in [2.05, 4.69) is 51.3 Å². The van der Waals surface area contributed by atoms with E-state index in [1.54, 1.807) is 11.8 Å². The maximum absolute atomic E-state index is 12.3. The fourth-order valence-corrected chi connectivity index (χ4v) is 4.21. The van der Waals surface area contributed by atoms with Crippen LogP contribution in [-0.2, 0) is 4.79 Å². The van der Waals surface area contributed by atoms with Gasteiger partial charge in [0.1, 0.15) is 17.4 Å². The fourth-order valence-electron chi connectivity index (χ4n) is 4.21. The van der Waals surface area contributed by atoms with Gasteiger partial charge in [-0.1, -0.05) is 56.7 Å². The van der Waals surface area contributed by atoms with Gasteiger partial charge >= 0.3 is 0 Å². The van der Waals surface area contributed by atoms with Crippen molar-refractivity contribution in [3.63, 3.8) is 0 Å². The second kappa shape index (κ2) is 15.1. The highest BCUT2D eigenvalue weighted by molar-refractivity contribution is 6.03. The molecule has 36 heavy (non-hydrogen) atoms. The molecule has 198 valence electrons. The molecule has 0 fully saturated rings. The molecule has 0 saturated heterocycles. The minimum Gasteiger partial charge on any atom is -0.493 e. The smallest absolute Gasteiger partial charge is 0.261 e. The van der Waals surface area contributed by atoms with E-state index < -0.39 is 0 Å². The van der Waals surface area contributed by atoms with Gasteiger partial charge in [-0.2, -0.15) is 0 Å². The summed E-state index contributed by atoms with van der Waals surface area (Å²) in [4.78, 5) is 27.1. The van der Waals surface area contributed by atoms with Crippen LogP contribution < -0.4 is 9.64 Å². The van der Waals surface area contributed by atoms with Crippen LogP contribution in [0.15, 0.2) is 48.8 Å². The van der Waals surface area contributed by atoms with Gasteiger partial charge in [-0.25, -0.2) is 0 Å². The van der Waals surface area contributed by atoms with Gasteiger partial charge in [-0.05, 0) is 77.6 Å². The number of aryl methyl sites for hydroxylation is 3. The first-order valence-electron chi connectivity index (χ1n) is 13.2. The summed E-state index contributed by atoms with van der Waals surface area (Å²) in [6, 6.07) is 12.2. The van der Waals surface area contributed by atoms with Crippen molar-refractivity contribution in [1.29, 1.82) is 0 Å². The van der Waals surface area contributed by atoms with Crippen LogP contribution in [0.3, 0.4) is 0 Å². The highest BCUT2D eigenvalue weighted by Crippen LogP contribution is 2.32. The Balaban J connectivity index is 0.000000337. The number of fused-ring (bicyclic) bond motifs is 1. The van der Waals surface area contributed by atoms with E-state index in [4.69, 9.17) is 4.74 Å². The number of ketones is 1. The number of carbonyl (C=O) groups excluding carboxylic acids is 2. The lowest BCUT2D eigenvalue weighted by molar-refractivity contribution is -0.117. The van der Waals surface area contributed by atoms with Crippen LogP contribution in [0.4, 0.5) is 5.69 Å². The monoisotopic (exact) mass is 494 g/mol. The molecule has 0 aliphatic carbocycles. The van der Waals surface area contributed by atoms with Gasteiger partial charge in [-0.15, -0.1) is 0 Å². The number of Topliss-reactive ketones (excluding diaryl/α,β-unsaturated/α-hetero) is 1. The molecular weight excluding hydrogens is 448 g/mol. The SMILES string of the molecule is C=C1N(CC)C(=O)c2cc(C)ccc2N1CC.CC.CC(=O)CC(C)CCOc1ccc(C)cc1C. The van der Waals surface area contributed by atoms with Crippen molar-refractivity contribution < 1.29 is 14.3 Å². The maximum Gasteiger partial charge on any atom is 0.261 e. The summed E-state index contributed by atoms with van der Waals surface area (Å²) in [5.74, 6) is 2.44. The molecule has 0 aromatic heterocycles. The van der Waals surface area contributed by atoms with Crippen LogP contribution in [0.5, 0.6) is 5.75 Å². The number of amides is 1. The number of benzene rings is 2. The Morgan fingerprint density at radius 1 is 0.972 bits per heavy atom. The molecule has 5 heteroatoms. The van der Waals surface area contributed by atoms with Crippen molar-refractivity contribution in [1.82, 2.24) is 4.90 Å². The second-order valence-electron chi connectivity index (χ2n) is 9.15. The third-order valence-corrected chi connectivity index (χ3v) is 6.01. The number of carbonyl (C=O) groups is 2. The van der Waals surface area contributed by atoms with Gasteiger partial charge in [0.15, 0.2) is 0 Å².